The maximum absolute atomic E-state index is 14.0. The van der Waals surface area contributed by atoms with Crippen molar-refractivity contribution in [1.29, 1.82) is 5.26 Å². The first-order valence-electron chi connectivity index (χ1n) is 15.9. The Morgan fingerprint density at radius 1 is 0.939 bits per heavy atom. The van der Waals surface area contributed by atoms with E-state index in [1.807, 2.05) is 65.6 Å². The van der Waals surface area contributed by atoms with Gasteiger partial charge >= 0.3 is 6.18 Å². The van der Waals surface area contributed by atoms with Crippen LogP contribution in [0.15, 0.2) is 84.9 Å². The summed E-state index contributed by atoms with van der Waals surface area (Å²) in [6.07, 6.45) is -1.57. The molecule has 1 fully saturated rings. The van der Waals surface area contributed by atoms with Crippen molar-refractivity contribution in [2.45, 2.75) is 32.1 Å². The van der Waals surface area contributed by atoms with Crippen molar-refractivity contribution in [2.75, 3.05) is 57.9 Å². The van der Waals surface area contributed by atoms with Crippen LogP contribution in [0.3, 0.4) is 0 Å². The van der Waals surface area contributed by atoms with E-state index in [0.29, 0.717) is 31.7 Å². The van der Waals surface area contributed by atoms with Gasteiger partial charge in [-0.25, -0.2) is 0 Å². The van der Waals surface area contributed by atoms with Gasteiger partial charge in [0.25, 0.3) is 0 Å². The number of hydrogen-bond donors (Lipinski definition) is 0. The number of carbonyl (C=O) groups is 3. The monoisotopic (exact) mass is 675 g/mol. The molecule has 0 bridgehead atoms. The zero-order valence-corrected chi connectivity index (χ0v) is 27.6. The number of piperazine rings is 1. The number of ether oxygens (including phenoxy) is 1. The standard InChI is InChI=1S/C37H40F3N5O4/c1-28(46)43-19-21-44(22-20-43)33-15-10-31(11-16-33)27-45(35(47)17-12-29-8-13-32(14-9-29)37(38,39)40)34(26-30-6-4-3-5-7-30)36(48)42(2)23-25-49-24-18-41/h3-17,34H,19-27H2,1-2H3/b17-12+/t34-/m0/s1. The molecule has 49 heavy (non-hydrogen) atoms. The van der Waals surface area contributed by atoms with Gasteiger partial charge in [-0.2, -0.15) is 18.4 Å². The molecule has 0 N–H and O–H groups in total. The number of benzene rings is 3. The number of carbonyl (C=O) groups excluding carboxylic acids is 3. The normalized spacial score (nSPS) is 14.0. The summed E-state index contributed by atoms with van der Waals surface area (Å²) >= 11 is 0. The maximum atomic E-state index is 14.0. The fourth-order valence-corrected chi connectivity index (χ4v) is 5.53. The Morgan fingerprint density at radius 3 is 2.18 bits per heavy atom. The van der Waals surface area contributed by atoms with Gasteiger partial charge < -0.3 is 24.3 Å². The lowest BCUT2D eigenvalue weighted by molar-refractivity contribution is -0.143. The van der Waals surface area contributed by atoms with Crippen LogP contribution in [-0.4, -0.2) is 91.4 Å². The van der Waals surface area contributed by atoms with Gasteiger partial charge in [-0.3, -0.25) is 14.4 Å². The number of nitrogens with zero attached hydrogens (tertiary/aromatic N) is 5. The highest BCUT2D eigenvalue weighted by atomic mass is 19.4. The Kier molecular flexibility index (Phi) is 13.0. The molecular weight excluding hydrogens is 635 g/mol. The van der Waals surface area contributed by atoms with Crippen molar-refractivity contribution in [3.8, 4) is 6.07 Å². The summed E-state index contributed by atoms with van der Waals surface area (Å²) in [5.74, 6) is -0.777. The summed E-state index contributed by atoms with van der Waals surface area (Å²) in [5.41, 5.74) is 2.18. The van der Waals surface area contributed by atoms with Crippen LogP contribution < -0.4 is 4.90 Å². The van der Waals surface area contributed by atoms with Crippen molar-refractivity contribution in [3.05, 3.63) is 107 Å². The first kappa shape index (κ1) is 36.7. The fourth-order valence-electron chi connectivity index (χ4n) is 5.53. The quantitative estimate of drug-likeness (QED) is 0.187. The van der Waals surface area contributed by atoms with Crippen LogP contribution in [0.25, 0.3) is 6.08 Å². The smallest absolute Gasteiger partial charge is 0.368 e. The summed E-state index contributed by atoms with van der Waals surface area (Å²) in [6.45, 7) is 4.50. The van der Waals surface area contributed by atoms with E-state index in [0.717, 1.165) is 28.9 Å². The average molecular weight is 676 g/mol. The van der Waals surface area contributed by atoms with Crippen molar-refractivity contribution >= 4 is 29.5 Å². The van der Waals surface area contributed by atoms with Crippen LogP contribution in [0.5, 0.6) is 0 Å². The minimum absolute atomic E-state index is 0.0482. The zero-order chi connectivity index (χ0) is 35.4. The number of likely N-dealkylation sites (N-methyl/N-ethyl adjacent to an activating group) is 1. The highest BCUT2D eigenvalue weighted by Gasteiger charge is 2.32. The predicted octanol–water partition coefficient (Wildman–Crippen LogP) is 5.03. The zero-order valence-electron chi connectivity index (χ0n) is 27.6. The molecule has 3 amide bonds. The highest BCUT2D eigenvalue weighted by molar-refractivity contribution is 5.95. The van der Waals surface area contributed by atoms with Crippen LogP contribution in [-0.2, 0) is 38.3 Å². The summed E-state index contributed by atoms with van der Waals surface area (Å²) in [7, 11) is 1.61. The fraction of sp³-hybridized carbons (Fsp3) is 0.351. The lowest BCUT2D eigenvalue weighted by atomic mass is 10.0. The molecule has 0 unspecified atom stereocenters. The minimum Gasteiger partial charge on any atom is -0.368 e. The van der Waals surface area contributed by atoms with Gasteiger partial charge in [0.1, 0.15) is 12.6 Å². The molecule has 1 aliphatic heterocycles. The van der Waals surface area contributed by atoms with E-state index in [9.17, 15) is 27.6 Å². The molecule has 1 aliphatic rings. The molecule has 1 saturated heterocycles. The van der Waals surface area contributed by atoms with Gasteiger partial charge in [0, 0.05) is 71.4 Å². The van der Waals surface area contributed by atoms with Crippen molar-refractivity contribution in [1.82, 2.24) is 14.7 Å². The number of rotatable bonds is 13. The van der Waals surface area contributed by atoms with E-state index in [1.165, 1.54) is 34.1 Å². The van der Waals surface area contributed by atoms with Crippen LogP contribution >= 0.6 is 0 Å². The molecule has 258 valence electrons. The van der Waals surface area contributed by atoms with Crippen molar-refractivity contribution < 1.29 is 32.3 Å². The van der Waals surface area contributed by atoms with Gasteiger partial charge in [0.05, 0.1) is 18.2 Å². The van der Waals surface area contributed by atoms with E-state index >= 15 is 0 Å². The molecule has 0 saturated carbocycles. The Hall–Kier alpha value is -5.15. The molecule has 12 heteroatoms. The highest BCUT2D eigenvalue weighted by Crippen LogP contribution is 2.29. The number of amides is 3. The molecule has 9 nitrogen and oxygen atoms in total. The van der Waals surface area contributed by atoms with E-state index in [1.54, 1.807) is 14.0 Å². The van der Waals surface area contributed by atoms with Crippen LogP contribution in [0.4, 0.5) is 18.9 Å². The Balaban J connectivity index is 1.62. The van der Waals surface area contributed by atoms with E-state index < -0.39 is 23.7 Å². The van der Waals surface area contributed by atoms with Crippen LogP contribution in [0.2, 0.25) is 0 Å². The van der Waals surface area contributed by atoms with E-state index in [4.69, 9.17) is 10.00 Å². The molecule has 3 aromatic carbocycles. The Labute approximate surface area is 284 Å². The summed E-state index contributed by atoms with van der Waals surface area (Å²) < 4.78 is 44.5. The SMILES string of the molecule is CC(=O)N1CCN(c2ccc(CN(C(=O)/C=C/c3ccc(C(F)(F)F)cc3)[C@@H](Cc3ccccc3)C(=O)N(C)CCOCC#N)cc2)CC1. The van der Waals surface area contributed by atoms with Crippen molar-refractivity contribution in [3.63, 3.8) is 0 Å². The number of hydrogen-bond acceptors (Lipinski definition) is 6. The number of alkyl halides is 3. The van der Waals surface area contributed by atoms with Gasteiger partial charge in [-0.05, 0) is 47.0 Å². The third kappa shape index (κ3) is 10.7. The molecular formula is C37H40F3N5O4. The molecule has 0 radical (unpaired) electrons. The summed E-state index contributed by atoms with van der Waals surface area (Å²) in [5, 5.41) is 8.80. The maximum Gasteiger partial charge on any atom is 0.416 e. The van der Waals surface area contributed by atoms with Gasteiger partial charge in [-0.1, -0.05) is 54.6 Å². The number of anilines is 1. The third-order valence-electron chi connectivity index (χ3n) is 8.37. The molecule has 3 aromatic rings. The molecule has 0 spiro atoms. The third-order valence-corrected chi connectivity index (χ3v) is 8.37. The first-order valence-corrected chi connectivity index (χ1v) is 15.9. The first-order chi connectivity index (χ1) is 23.5. The Morgan fingerprint density at radius 2 is 1.59 bits per heavy atom. The van der Waals surface area contributed by atoms with E-state index in [2.05, 4.69) is 4.90 Å². The number of halogens is 3. The molecule has 4 rings (SSSR count). The molecule has 0 aliphatic carbocycles. The largest absolute Gasteiger partial charge is 0.416 e. The lowest BCUT2D eigenvalue weighted by Crippen LogP contribution is -2.51. The second-order valence-corrected chi connectivity index (χ2v) is 11.8. The lowest BCUT2D eigenvalue weighted by Gasteiger charge is -2.36. The van der Waals surface area contributed by atoms with Crippen LogP contribution in [0.1, 0.15) is 29.2 Å². The van der Waals surface area contributed by atoms with Crippen LogP contribution in [0, 0.1) is 11.3 Å². The van der Waals surface area contributed by atoms with Gasteiger partial charge in [0.2, 0.25) is 17.7 Å². The summed E-state index contributed by atoms with van der Waals surface area (Å²) in [4.78, 5) is 46.7. The second kappa shape index (κ2) is 17.3. The van der Waals surface area contributed by atoms with Gasteiger partial charge in [-0.15, -0.1) is 0 Å². The van der Waals surface area contributed by atoms with Crippen molar-refractivity contribution in [2.24, 2.45) is 0 Å². The molecule has 1 heterocycles. The molecule has 1 atom stereocenters. The topological polar surface area (TPSA) is 97.2 Å². The predicted molar refractivity (Wildman–Crippen MR) is 180 cm³/mol. The minimum atomic E-state index is -4.48. The average Bonchev–Trinajstić information content (AvgIpc) is 3.10. The number of nitriles is 1. The second-order valence-electron chi connectivity index (χ2n) is 11.8. The summed E-state index contributed by atoms with van der Waals surface area (Å²) in [6, 6.07) is 22.4. The molecule has 0 aromatic heterocycles. The van der Waals surface area contributed by atoms with E-state index in [-0.39, 0.29) is 44.5 Å². The Bertz CT molecular complexity index is 1610. The van der Waals surface area contributed by atoms with Gasteiger partial charge in [0.15, 0.2) is 0 Å².